The minimum Gasteiger partial charge on any atom is -0.495 e. The number of nitrogens with zero attached hydrogens (tertiary/aromatic N) is 1. The predicted molar refractivity (Wildman–Crippen MR) is 99.7 cm³/mol. The van der Waals surface area contributed by atoms with Crippen molar-refractivity contribution in [1.82, 2.24) is 5.32 Å². The molecule has 2 aromatic carbocycles. The maximum absolute atomic E-state index is 6.10. The molecule has 0 saturated carbocycles. The highest BCUT2D eigenvalue weighted by molar-refractivity contribution is 6.32. The summed E-state index contributed by atoms with van der Waals surface area (Å²) in [5, 5.41) is 3.62. The molecule has 0 fully saturated rings. The number of rotatable bonds is 7. The van der Waals surface area contributed by atoms with Crippen LogP contribution in [-0.2, 0) is 13.1 Å². The maximum atomic E-state index is 6.10. The van der Waals surface area contributed by atoms with Crippen LogP contribution in [0.5, 0.6) is 17.2 Å². The summed E-state index contributed by atoms with van der Waals surface area (Å²) >= 11 is 6.10. The Morgan fingerprint density at radius 1 is 0.960 bits per heavy atom. The first-order valence-electron chi connectivity index (χ1n) is 7.64. The van der Waals surface area contributed by atoms with Crippen molar-refractivity contribution in [2.24, 2.45) is 10.7 Å². The Bertz CT molecular complexity index is 750. The van der Waals surface area contributed by atoms with Crippen molar-refractivity contribution in [3.63, 3.8) is 0 Å². The van der Waals surface area contributed by atoms with Crippen molar-refractivity contribution in [2.75, 3.05) is 21.3 Å². The number of hydrogen-bond donors (Lipinski definition) is 2. The number of nitrogens with one attached hydrogen (secondary N) is 1. The molecular formula is C18H22ClN3O3. The molecular weight excluding hydrogens is 342 g/mol. The second-order valence-electron chi connectivity index (χ2n) is 5.21. The average molecular weight is 364 g/mol. The monoisotopic (exact) mass is 363 g/mol. The van der Waals surface area contributed by atoms with E-state index in [0.29, 0.717) is 41.3 Å². The van der Waals surface area contributed by atoms with Crippen LogP contribution in [0.4, 0.5) is 0 Å². The molecule has 0 aliphatic carbocycles. The van der Waals surface area contributed by atoms with Gasteiger partial charge in [-0.3, -0.25) is 0 Å². The number of ether oxygens (including phenoxy) is 3. The summed E-state index contributed by atoms with van der Waals surface area (Å²) in [7, 11) is 4.78. The Morgan fingerprint density at radius 3 is 2.24 bits per heavy atom. The molecule has 7 heteroatoms. The molecule has 0 saturated heterocycles. The van der Waals surface area contributed by atoms with Crippen LogP contribution < -0.4 is 25.3 Å². The molecule has 0 bridgehead atoms. The van der Waals surface area contributed by atoms with Gasteiger partial charge in [0, 0.05) is 6.54 Å². The number of halogens is 1. The molecule has 6 nitrogen and oxygen atoms in total. The highest BCUT2D eigenvalue weighted by atomic mass is 35.5. The van der Waals surface area contributed by atoms with Gasteiger partial charge in [0.2, 0.25) is 0 Å². The van der Waals surface area contributed by atoms with E-state index in [0.717, 1.165) is 11.1 Å². The smallest absolute Gasteiger partial charge is 0.189 e. The highest BCUT2D eigenvalue weighted by Gasteiger charge is 2.05. The lowest BCUT2D eigenvalue weighted by Gasteiger charge is -2.10. The fraction of sp³-hybridized carbons (Fsp3) is 0.278. The molecule has 0 radical (unpaired) electrons. The lowest BCUT2D eigenvalue weighted by atomic mass is 10.2. The van der Waals surface area contributed by atoms with Crippen LogP contribution in [0.1, 0.15) is 11.1 Å². The van der Waals surface area contributed by atoms with E-state index in [1.165, 1.54) is 0 Å². The van der Waals surface area contributed by atoms with Crippen LogP contribution in [0.2, 0.25) is 5.02 Å². The van der Waals surface area contributed by atoms with Gasteiger partial charge in [-0.05, 0) is 35.4 Å². The van der Waals surface area contributed by atoms with E-state index < -0.39 is 0 Å². The van der Waals surface area contributed by atoms with E-state index in [-0.39, 0.29) is 0 Å². The van der Waals surface area contributed by atoms with Gasteiger partial charge in [0.1, 0.15) is 5.75 Å². The fourth-order valence-electron chi connectivity index (χ4n) is 2.22. The minimum absolute atomic E-state index is 0.349. The molecule has 0 aromatic heterocycles. The van der Waals surface area contributed by atoms with Gasteiger partial charge in [0.05, 0.1) is 32.9 Å². The minimum atomic E-state index is 0.349. The Balaban J connectivity index is 1.94. The molecule has 3 N–H and O–H groups in total. The third-order valence-electron chi connectivity index (χ3n) is 3.57. The average Bonchev–Trinajstić information content (AvgIpc) is 2.64. The van der Waals surface area contributed by atoms with E-state index in [1.807, 2.05) is 30.3 Å². The first kappa shape index (κ1) is 18.7. The molecule has 134 valence electrons. The molecule has 2 aromatic rings. The largest absolute Gasteiger partial charge is 0.495 e. The van der Waals surface area contributed by atoms with Gasteiger partial charge in [-0.2, -0.15) is 0 Å². The van der Waals surface area contributed by atoms with Crippen molar-refractivity contribution in [2.45, 2.75) is 13.1 Å². The molecule has 0 aliphatic heterocycles. The SMILES string of the molecule is COc1ccc(CN=C(N)NCc2ccc(OC)c(OC)c2)cc1Cl. The molecule has 25 heavy (non-hydrogen) atoms. The summed E-state index contributed by atoms with van der Waals surface area (Å²) in [5.41, 5.74) is 7.86. The Morgan fingerprint density at radius 2 is 1.60 bits per heavy atom. The molecule has 0 spiro atoms. The maximum Gasteiger partial charge on any atom is 0.189 e. The number of benzene rings is 2. The van der Waals surface area contributed by atoms with Crippen LogP contribution in [0, 0.1) is 0 Å². The lowest BCUT2D eigenvalue weighted by molar-refractivity contribution is 0.354. The standard InChI is InChI=1S/C18H22ClN3O3/c1-23-15-6-4-12(8-14(15)19)10-21-18(20)22-11-13-5-7-16(24-2)17(9-13)25-3/h4-9H,10-11H2,1-3H3,(H3,20,21,22). The van der Waals surface area contributed by atoms with Crippen molar-refractivity contribution < 1.29 is 14.2 Å². The van der Waals surface area contributed by atoms with Crippen LogP contribution in [0.3, 0.4) is 0 Å². The molecule has 0 atom stereocenters. The zero-order valence-electron chi connectivity index (χ0n) is 14.5. The van der Waals surface area contributed by atoms with Gasteiger partial charge in [0.25, 0.3) is 0 Å². The first-order valence-corrected chi connectivity index (χ1v) is 8.02. The van der Waals surface area contributed by atoms with Crippen molar-refractivity contribution >= 4 is 17.6 Å². The fourth-order valence-corrected chi connectivity index (χ4v) is 2.50. The Labute approximate surface area is 152 Å². The van der Waals surface area contributed by atoms with Gasteiger partial charge < -0.3 is 25.3 Å². The van der Waals surface area contributed by atoms with E-state index in [4.69, 9.17) is 31.5 Å². The quantitative estimate of drug-likeness (QED) is 0.584. The summed E-state index contributed by atoms with van der Waals surface area (Å²) in [6.45, 7) is 0.952. The number of nitrogens with two attached hydrogens (primary N) is 1. The first-order chi connectivity index (χ1) is 12.1. The van der Waals surface area contributed by atoms with E-state index in [2.05, 4.69) is 10.3 Å². The summed E-state index contributed by atoms with van der Waals surface area (Å²) in [4.78, 5) is 4.31. The van der Waals surface area contributed by atoms with Gasteiger partial charge in [-0.25, -0.2) is 4.99 Å². The van der Waals surface area contributed by atoms with Crippen LogP contribution in [0.25, 0.3) is 0 Å². The summed E-state index contributed by atoms with van der Waals surface area (Å²) in [5.74, 6) is 2.34. The highest BCUT2D eigenvalue weighted by Crippen LogP contribution is 2.27. The molecule has 0 aliphatic rings. The molecule has 0 unspecified atom stereocenters. The van der Waals surface area contributed by atoms with Crippen LogP contribution in [-0.4, -0.2) is 27.3 Å². The second-order valence-corrected chi connectivity index (χ2v) is 5.62. The second kappa shape index (κ2) is 9.03. The van der Waals surface area contributed by atoms with Crippen molar-refractivity contribution in [3.05, 3.63) is 52.5 Å². The molecule has 0 amide bonds. The van der Waals surface area contributed by atoms with Gasteiger partial charge in [-0.15, -0.1) is 0 Å². The van der Waals surface area contributed by atoms with Gasteiger partial charge in [0.15, 0.2) is 17.5 Å². The van der Waals surface area contributed by atoms with E-state index in [1.54, 1.807) is 27.4 Å². The Hall–Kier alpha value is -2.60. The van der Waals surface area contributed by atoms with Crippen LogP contribution >= 0.6 is 11.6 Å². The number of aliphatic imine (C=N–C) groups is 1. The van der Waals surface area contributed by atoms with Crippen LogP contribution in [0.15, 0.2) is 41.4 Å². The third-order valence-corrected chi connectivity index (χ3v) is 3.87. The lowest BCUT2D eigenvalue weighted by Crippen LogP contribution is -2.31. The molecule has 2 rings (SSSR count). The molecule has 0 heterocycles. The third kappa shape index (κ3) is 5.19. The van der Waals surface area contributed by atoms with Gasteiger partial charge in [-0.1, -0.05) is 23.7 Å². The summed E-state index contributed by atoms with van der Waals surface area (Å²) in [6.07, 6.45) is 0. The van der Waals surface area contributed by atoms with Crippen molar-refractivity contribution in [1.29, 1.82) is 0 Å². The zero-order valence-corrected chi connectivity index (χ0v) is 15.3. The topological polar surface area (TPSA) is 78.1 Å². The number of methoxy groups -OCH3 is 3. The Kier molecular flexibility index (Phi) is 6.77. The summed E-state index contributed by atoms with van der Waals surface area (Å²) < 4.78 is 15.6. The number of guanidine groups is 1. The zero-order chi connectivity index (χ0) is 18.2. The normalized spacial score (nSPS) is 11.1. The summed E-state index contributed by atoms with van der Waals surface area (Å²) in [6, 6.07) is 11.2. The predicted octanol–water partition coefficient (Wildman–Crippen LogP) is 2.97. The van der Waals surface area contributed by atoms with E-state index in [9.17, 15) is 0 Å². The number of hydrogen-bond acceptors (Lipinski definition) is 4. The van der Waals surface area contributed by atoms with E-state index >= 15 is 0 Å². The van der Waals surface area contributed by atoms with Gasteiger partial charge >= 0.3 is 0 Å². The van der Waals surface area contributed by atoms with Crippen molar-refractivity contribution in [3.8, 4) is 17.2 Å².